The molecular formula is C13H21NO4. The second-order valence-electron chi connectivity index (χ2n) is 5.13. The molecule has 0 radical (unpaired) electrons. The summed E-state index contributed by atoms with van der Waals surface area (Å²) in [5, 5.41) is 2.89. The predicted octanol–water partition coefficient (Wildman–Crippen LogP) is 1.16. The number of hydrogen-bond donors (Lipinski definition) is 1. The van der Waals surface area contributed by atoms with Crippen LogP contribution in [0, 0.1) is 0 Å². The van der Waals surface area contributed by atoms with E-state index in [-0.39, 0.29) is 11.9 Å². The smallest absolute Gasteiger partial charge is 0.331 e. The number of carbonyl (C=O) groups is 2. The van der Waals surface area contributed by atoms with Gasteiger partial charge in [-0.1, -0.05) is 19.3 Å². The summed E-state index contributed by atoms with van der Waals surface area (Å²) in [5.74, 6) is -0.492. The molecule has 0 aromatic carbocycles. The normalized spacial score (nSPS) is 26.6. The number of hydrogen-bond acceptors (Lipinski definition) is 4. The molecule has 0 bridgehead atoms. The summed E-state index contributed by atoms with van der Waals surface area (Å²) >= 11 is 0. The van der Waals surface area contributed by atoms with Gasteiger partial charge in [-0.05, 0) is 25.7 Å². The highest BCUT2D eigenvalue weighted by Crippen LogP contribution is 2.30. The van der Waals surface area contributed by atoms with Crippen molar-refractivity contribution in [1.29, 1.82) is 0 Å². The van der Waals surface area contributed by atoms with Gasteiger partial charge in [-0.15, -0.1) is 0 Å². The molecule has 102 valence electrons. The standard InChI is InChI=1S/C13H21NO4/c1-17-12(16)13(7-3-2-4-8-13)14-11(15)10-6-5-9-18-10/h10H,2-9H2,1H3,(H,14,15). The van der Waals surface area contributed by atoms with E-state index >= 15 is 0 Å². The molecular weight excluding hydrogens is 234 g/mol. The van der Waals surface area contributed by atoms with E-state index in [1.165, 1.54) is 7.11 Å². The van der Waals surface area contributed by atoms with Crippen LogP contribution in [0.15, 0.2) is 0 Å². The van der Waals surface area contributed by atoms with Crippen molar-refractivity contribution in [2.75, 3.05) is 13.7 Å². The Morgan fingerprint density at radius 1 is 1.22 bits per heavy atom. The Bertz CT molecular complexity index is 317. The van der Waals surface area contributed by atoms with E-state index in [0.717, 1.165) is 32.1 Å². The molecule has 1 unspecified atom stereocenters. The maximum absolute atomic E-state index is 12.1. The molecule has 0 aromatic heterocycles. The van der Waals surface area contributed by atoms with Crippen molar-refractivity contribution < 1.29 is 19.1 Å². The summed E-state index contributed by atoms with van der Waals surface area (Å²) in [7, 11) is 1.37. The molecule has 1 saturated carbocycles. The van der Waals surface area contributed by atoms with Crippen LogP contribution < -0.4 is 5.32 Å². The van der Waals surface area contributed by atoms with Gasteiger partial charge in [0.1, 0.15) is 11.6 Å². The van der Waals surface area contributed by atoms with Gasteiger partial charge in [-0.2, -0.15) is 0 Å². The molecule has 5 heteroatoms. The fraction of sp³-hybridized carbons (Fsp3) is 0.846. The molecule has 2 fully saturated rings. The quantitative estimate of drug-likeness (QED) is 0.768. The molecule has 1 aliphatic heterocycles. The number of nitrogens with one attached hydrogen (secondary N) is 1. The molecule has 5 nitrogen and oxygen atoms in total. The first-order valence-corrected chi connectivity index (χ1v) is 6.70. The Morgan fingerprint density at radius 3 is 2.50 bits per heavy atom. The van der Waals surface area contributed by atoms with Crippen LogP contribution >= 0.6 is 0 Å². The predicted molar refractivity (Wildman–Crippen MR) is 64.9 cm³/mol. The van der Waals surface area contributed by atoms with Gasteiger partial charge < -0.3 is 14.8 Å². The average Bonchev–Trinajstić information content (AvgIpc) is 2.93. The van der Waals surface area contributed by atoms with Crippen LogP contribution in [0.3, 0.4) is 0 Å². The SMILES string of the molecule is COC(=O)C1(NC(=O)C2CCCO2)CCCCC1. The second kappa shape index (κ2) is 5.69. The summed E-state index contributed by atoms with van der Waals surface area (Å²) in [6.07, 6.45) is 5.58. The van der Waals surface area contributed by atoms with Gasteiger partial charge >= 0.3 is 5.97 Å². The third kappa shape index (κ3) is 2.66. The maximum atomic E-state index is 12.1. The zero-order valence-corrected chi connectivity index (χ0v) is 10.9. The lowest BCUT2D eigenvalue weighted by molar-refractivity contribution is -0.154. The lowest BCUT2D eigenvalue weighted by atomic mass is 9.81. The molecule has 1 N–H and O–H groups in total. The highest BCUT2D eigenvalue weighted by molar-refractivity contribution is 5.90. The molecule has 2 rings (SSSR count). The van der Waals surface area contributed by atoms with Crippen molar-refractivity contribution in [2.24, 2.45) is 0 Å². The van der Waals surface area contributed by atoms with Crippen molar-refractivity contribution in [3.63, 3.8) is 0 Å². The second-order valence-corrected chi connectivity index (χ2v) is 5.13. The van der Waals surface area contributed by atoms with Crippen LogP contribution in [0.4, 0.5) is 0 Å². The van der Waals surface area contributed by atoms with Crippen LogP contribution in [-0.2, 0) is 19.1 Å². The lowest BCUT2D eigenvalue weighted by Crippen LogP contribution is -2.58. The number of methoxy groups -OCH3 is 1. The lowest BCUT2D eigenvalue weighted by Gasteiger charge is -2.35. The number of carbonyl (C=O) groups excluding carboxylic acids is 2. The van der Waals surface area contributed by atoms with Crippen molar-refractivity contribution in [2.45, 2.75) is 56.6 Å². The first-order valence-electron chi connectivity index (χ1n) is 6.70. The molecule has 18 heavy (non-hydrogen) atoms. The molecule has 1 saturated heterocycles. The fourth-order valence-corrected chi connectivity index (χ4v) is 2.83. The van der Waals surface area contributed by atoms with E-state index in [1.807, 2.05) is 0 Å². The van der Waals surface area contributed by atoms with Gasteiger partial charge in [0.05, 0.1) is 7.11 Å². The Hall–Kier alpha value is -1.10. The summed E-state index contributed by atoms with van der Waals surface area (Å²) in [5.41, 5.74) is -0.823. The fourth-order valence-electron chi connectivity index (χ4n) is 2.83. The minimum Gasteiger partial charge on any atom is -0.467 e. The van der Waals surface area contributed by atoms with Crippen LogP contribution in [0.2, 0.25) is 0 Å². The molecule has 1 heterocycles. The van der Waals surface area contributed by atoms with E-state index in [0.29, 0.717) is 19.4 Å². The number of amides is 1. The van der Waals surface area contributed by atoms with Gasteiger partial charge in [0, 0.05) is 6.61 Å². The van der Waals surface area contributed by atoms with Gasteiger partial charge in [0.25, 0.3) is 0 Å². The van der Waals surface area contributed by atoms with Crippen molar-refractivity contribution in [3.8, 4) is 0 Å². The average molecular weight is 255 g/mol. The molecule has 1 amide bonds. The first-order chi connectivity index (χ1) is 8.68. The van der Waals surface area contributed by atoms with Crippen molar-refractivity contribution >= 4 is 11.9 Å². The van der Waals surface area contributed by atoms with Crippen LogP contribution in [0.5, 0.6) is 0 Å². The van der Waals surface area contributed by atoms with Gasteiger partial charge in [-0.25, -0.2) is 4.79 Å². The van der Waals surface area contributed by atoms with Gasteiger partial charge in [-0.3, -0.25) is 4.79 Å². The third-order valence-electron chi connectivity index (χ3n) is 3.87. The Balaban J connectivity index is 2.04. The number of ether oxygens (including phenoxy) is 2. The molecule has 2 aliphatic rings. The highest BCUT2D eigenvalue weighted by Gasteiger charge is 2.43. The van der Waals surface area contributed by atoms with Gasteiger partial charge in [0.2, 0.25) is 5.91 Å². The maximum Gasteiger partial charge on any atom is 0.331 e. The number of esters is 1. The van der Waals surface area contributed by atoms with Gasteiger partial charge in [0.15, 0.2) is 0 Å². The Morgan fingerprint density at radius 2 is 1.94 bits per heavy atom. The summed E-state index contributed by atoms with van der Waals surface area (Å²) in [4.78, 5) is 24.1. The molecule has 1 atom stereocenters. The van der Waals surface area contributed by atoms with E-state index < -0.39 is 11.6 Å². The zero-order valence-electron chi connectivity index (χ0n) is 10.9. The minimum absolute atomic E-state index is 0.167. The largest absolute Gasteiger partial charge is 0.467 e. The molecule has 1 aliphatic carbocycles. The first kappa shape index (κ1) is 13.3. The van der Waals surface area contributed by atoms with E-state index in [2.05, 4.69) is 5.32 Å². The van der Waals surface area contributed by atoms with E-state index in [1.54, 1.807) is 0 Å². The zero-order chi connectivity index (χ0) is 13.0. The van der Waals surface area contributed by atoms with Crippen molar-refractivity contribution in [1.82, 2.24) is 5.32 Å². The topological polar surface area (TPSA) is 64.6 Å². The van der Waals surface area contributed by atoms with Crippen LogP contribution in [0.1, 0.15) is 44.9 Å². The molecule has 0 aromatic rings. The highest BCUT2D eigenvalue weighted by atomic mass is 16.5. The minimum atomic E-state index is -0.823. The van der Waals surface area contributed by atoms with E-state index in [9.17, 15) is 9.59 Å². The Kier molecular flexibility index (Phi) is 4.22. The monoisotopic (exact) mass is 255 g/mol. The van der Waals surface area contributed by atoms with E-state index in [4.69, 9.17) is 9.47 Å². The van der Waals surface area contributed by atoms with Crippen LogP contribution in [0.25, 0.3) is 0 Å². The summed E-state index contributed by atoms with van der Waals surface area (Å²) in [6.45, 7) is 0.628. The van der Waals surface area contributed by atoms with Crippen LogP contribution in [-0.4, -0.2) is 37.2 Å². The number of rotatable bonds is 3. The van der Waals surface area contributed by atoms with Crippen molar-refractivity contribution in [3.05, 3.63) is 0 Å². The summed E-state index contributed by atoms with van der Waals surface area (Å²) < 4.78 is 10.2. The molecule has 0 spiro atoms. The summed E-state index contributed by atoms with van der Waals surface area (Å²) in [6, 6.07) is 0. The Labute approximate surface area is 107 Å². The third-order valence-corrected chi connectivity index (χ3v) is 3.87.